The van der Waals surface area contributed by atoms with Gasteiger partial charge in [0.05, 0.1) is 13.0 Å². The van der Waals surface area contributed by atoms with Crippen molar-refractivity contribution in [3.8, 4) is 0 Å². The number of ether oxygens (including phenoxy) is 1. The van der Waals surface area contributed by atoms with Crippen LogP contribution in [-0.4, -0.2) is 42.4 Å². The Kier molecular flexibility index (Phi) is 7.08. The first-order valence-corrected chi connectivity index (χ1v) is 7.26. The van der Waals surface area contributed by atoms with Crippen LogP contribution < -0.4 is 5.32 Å². The highest BCUT2D eigenvalue weighted by Crippen LogP contribution is 2.11. The fourth-order valence-electron chi connectivity index (χ4n) is 1.93. The van der Waals surface area contributed by atoms with Crippen LogP contribution >= 0.6 is 0 Å². The summed E-state index contributed by atoms with van der Waals surface area (Å²) in [5.74, 6) is -0.683. The molecule has 22 heavy (non-hydrogen) atoms. The lowest BCUT2D eigenvalue weighted by atomic mass is 10.1. The van der Waals surface area contributed by atoms with Crippen LogP contribution in [0.25, 0.3) is 0 Å². The van der Waals surface area contributed by atoms with E-state index in [1.54, 1.807) is 31.2 Å². The summed E-state index contributed by atoms with van der Waals surface area (Å²) in [5, 5.41) is 2.66. The number of anilines is 1. The van der Waals surface area contributed by atoms with Crippen molar-refractivity contribution in [3.05, 3.63) is 29.8 Å². The Morgan fingerprint density at radius 3 is 2.27 bits per heavy atom. The number of hydrogen-bond donors (Lipinski definition) is 1. The molecule has 0 aliphatic heterocycles. The summed E-state index contributed by atoms with van der Waals surface area (Å²) in [4.78, 5) is 36.1. The second kappa shape index (κ2) is 8.81. The lowest BCUT2D eigenvalue weighted by Crippen LogP contribution is -2.37. The molecule has 0 bridgehead atoms. The van der Waals surface area contributed by atoms with Crippen LogP contribution in [0.3, 0.4) is 0 Å². The maximum atomic E-state index is 12.2. The number of nitrogens with one attached hydrogen (secondary N) is 1. The molecule has 0 atom stereocenters. The van der Waals surface area contributed by atoms with Gasteiger partial charge in [0.25, 0.3) is 0 Å². The predicted octanol–water partition coefficient (Wildman–Crippen LogP) is 1.60. The Balaban J connectivity index is 2.61. The Labute approximate surface area is 130 Å². The summed E-state index contributed by atoms with van der Waals surface area (Å²) < 4.78 is 4.85. The molecule has 0 saturated heterocycles. The number of carbonyl (C=O) groups is 3. The minimum Gasteiger partial charge on any atom is -0.465 e. The van der Waals surface area contributed by atoms with E-state index in [0.29, 0.717) is 18.8 Å². The van der Waals surface area contributed by atoms with Crippen molar-refractivity contribution in [1.82, 2.24) is 4.90 Å². The van der Waals surface area contributed by atoms with Gasteiger partial charge in [0.15, 0.2) is 0 Å². The van der Waals surface area contributed by atoms with E-state index in [4.69, 9.17) is 4.74 Å². The van der Waals surface area contributed by atoms with Crippen LogP contribution in [0.1, 0.15) is 26.3 Å². The predicted molar refractivity (Wildman–Crippen MR) is 83.3 cm³/mol. The van der Waals surface area contributed by atoms with Crippen LogP contribution in [0.15, 0.2) is 24.3 Å². The van der Waals surface area contributed by atoms with E-state index in [0.717, 1.165) is 5.56 Å². The van der Waals surface area contributed by atoms with Crippen molar-refractivity contribution < 1.29 is 19.1 Å². The summed E-state index contributed by atoms with van der Waals surface area (Å²) in [7, 11) is 0. The lowest BCUT2D eigenvalue weighted by molar-refractivity contribution is -0.148. The average molecular weight is 306 g/mol. The molecule has 0 aromatic heterocycles. The van der Waals surface area contributed by atoms with Gasteiger partial charge in [-0.25, -0.2) is 0 Å². The van der Waals surface area contributed by atoms with Crippen molar-refractivity contribution in [2.75, 3.05) is 25.0 Å². The Bertz CT molecular complexity index is 525. The Morgan fingerprint density at radius 1 is 1.14 bits per heavy atom. The number of amides is 2. The molecule has 0 spiro atoms. The third kappa shape index (κ3) is 5.95. The zero-order valence-corrected chi connectivity index (χ0v) is 13.2. The molecule has 0 fully saturated rings. The van der Waals surface area contributed by atoms with Gasteiger partial charge in [-0.15, -0.1) is 0 Å². The number of nitrogens with zero attached hydrogens (tertiary/aromatic N) is 1. The number of rotatable bonds is 7. The second-order valence-electron chi connectivity index (χ2n) is 4.77. The van der Waals surface area contributed by atoms with Gasteiger partial charge in [-0.3, -0.25) is 14.4 Å². The van der Waals surface area contributed by atoms with E-state index in [1.165, 1.54) is 11.8 Å². The minimum absolute atomic E-state index is 0.0346. The molecule has 0 aliphatic carbocycles. The zero-order valence-electron chi connectivity index (χ0n) is 13.2. The van der Waals surface area contributed by atoms with Crippen molar-refractivity contribution in [2.45, 2.75) is 27.2 Å². The largest absolute Gasteiger partial charge is 0.465 e. The van der Waals surface area contributed by atoms with Gasteiger partial charge in [-0.2, -0.15) is 0 Å². The molecule has 0 heterocycles. The fraction of sp³-hybridized carbons (Fsp3) is 0.438. The molecule has 0 saturated carbocycles. The highest BCUT2D eigenvalue weighted by Gasteiger charge is 2.16. The minimum atomic E-state index is -0.404. The lowest BCUT2D eigenvalue weighted by Gasteiger charge is -2.19. The van der Waals surface area contributed by atoms with E-state index in [1.807, 2.05) is 6.92 Å². The van der Waals surface area contributed by atoms with Crippen molar-refractivity contribution >= 4 is 23.5 Å². The molecule has 1 N–H and O–H groups in total. The van der Waals surface area contributed by atoms with Crippen LogP contribution in [0.2, 0.25) is 0 Å². The number of benzene rings is 1. The van der Waals surface area contributed by atoms with E-state index >= 15 is 0 Å². The van der Waals surface area contributed by atoms with Crippen molar-refractivity contribution in [2.24, 2.45) is 0 Å². The topological polar surface area (TPSA) is 75.7 Å². The monoisotopic (exact) mass is 306 g/mol. The molecule has 0 radical (unpaired) electrons. The van der Waals surface area contributed by atoms with Crippen LogP contribution in [0.5, 0.6) is 0 Å². The number of hydrogen-bond acceptors (Lipinski definition) is 4. The Morgan fingerprint density at radius 2 is 1.77 bits per heavy atom. The van der Waals surface area contributed by atoms with E-state index in [2.05, 4.69) is 5.32 Å². The van der Waals surface area contributed by atoms with Crippen molar-refractivity contribution in [3.63, 3.8) is 0 Å². The number of likely N-dealkylation sites (N-methyl/N-ethyl adjacent to an activating group) is 1. The maximum absolute atomic E-state index is 12.2. The van der Waals surface area contributed by atoms with Crippen LogP contribution in [-0.2, 0) is 25.5 Å². The van der Waals surface area contributed by atoms with Crippen LogP contribution in [0, 0.1) is 0 Å². The molecule has 1 rings (SSSR count). The van der Waals surface area contributed by atoms with Gasteiger partial charge in [-0.1, -0.05) is 12.1 Å². The molecule has 6 heteroatoms. The SMILES string of the molecule is CCOC(=O)CN(CC)C(=O)Cc1ccc(NC(C)=O)cc1. The summed E-state index contributed by atoms with van der Waals surface area (Å²) in [6, 6.07) is 7.04. The zero-order chi connectivity index (χ0) is 16.5. The van der Waals surface area contributed by atoms with Gasteiger partial charge >= 0.3 is 5.97 Å². The van der Waals surface area contributed by atoms with E-state index < -0.39 is 5.97 Å². The summed E-state index contributed by atoms with van der Waals surface area (Å²) in [5.41, 5.74) is 1.50. The standard InChI is InChI=1S/C16H22N2O4/c1-4-18(11-16(21)22-5-2)15(20)10-13-6-8-14(9-7-13)17-12(3)19/h6-9H,4-5,10-11H2,1-3H3,(H,17,19). The maximum Gasteiger partial charge on any atom is 0.325 e. The average Bonchev–Trinajstić information content (AvgIpc) is 2.46. The Hall–Kier alpha value is -2.37. The van der Waals surface area contributed by atoms with Gasteiger partial charge in [0.2, 0.25) is 11.8 Å². The number of carbonyl (C=O) groups excluding carboxylic acids is 3. The van der Waals surface area contributed by atoms with E-state index in [-0.39, 0.29) is 24.8 Å². The molecule has 6 nitrogen and oxygen atoms in total. The highest BCUT2D eigenvalue weighted by molar-refractivity contribution is 5.88. The third-order valence-electron chi connectivity index (χ3n) is 2.99. The van der Waals surface area contributed by atoms with Gasteiger partial charge in [0, 0.05) is 19.2 Å². The first-order chi connectivity index (χ1) is 10.5. The molecule has 2 amide bonds. The van der Waals surface area contributed by atoms with Crippen LogP contribution in [0.4, 0.5) is 5.69 Å². The van der Waals surface area contributed by atoms with E-state index in [9.17, 15) is 14.4 Å². The first-order valence-electron chi connectivity index (χ1n) is 7.26. The van der Waals surface area contributed by atoms with Gasteiger partial charge in [0.1, 0.15) is 6.54 Å². The second-order valence-corrected chi connectivity index (χ2v) is 4.77. The summed E-state index contributed by atoms with van der Waals surface area (Å²) >= 11 is 0. The van der Waals surface area contributed by atoms with Gasteiger partial charge < -0.3 is 15.0 Å². The number of esters is 1. The quantitative estimate of drug-likeness (QED) is 0.776. The van der Waals surface area contributed by atoms with Crippen molar-refractivity contribution in [1.29, 1.82) is 0 Å². The third-order valence-corrected chi connectivity index (χ3v) is 2.99. The summed E-state index contributed by atoms with van der Waals surface area (Å²) in [6.45, 7) is 5.69. The first kappa shape index (κ1) is 17.7. The molecule has 0 unspecified atom stereocenters. The highest BCUT2D eigenvalue weighted by atomic mass is 16.5. The normalized spacial score (nSPS) is 9.95. The summed E-state index contributed by atoms with van der Waals surface area (Å²) in [6.07, 6.45) is 0.202. The molecular formula is C16H22N2O4. The molecule has 0 aliphatic rings. The molecule has 1 aromatic carbocycles. The molecular weight excluding hydrogens is 284 g/mol. The molecule has 120 valence electrons. The van der Waals surface area contributed by atoms with Gasteiger partial charge in [-0.05, 0) is 31.5 Å². The fourth-order valence-corrected chi connectivity index (χ4v) is 1.93. The smallest absolute Gasteiger partial charge is 0.325 e. The molecule has 1 aromatic rings.